The molecule has 10 radical (unpaired) electrons. The van der Waals surface area contributed by atoms with E-state index in [4.69, 9.17) is 0 Å². The van der Waals surface area contributed by atoms with Crippen molar-refractivity contribution < 1.29 is 66.4 Å². The predicted octanol–water partition coefficient (Wildman–Crippen LogP) is -1.21. The number of aliphatic hydroxyl groups is 1. The number of aliphatic carboxylic acids is 1. The standard InChI is InChI=1S/C19H16NO4S.C5H5.Fe.Na/c1-10(21)14-17(22)20-15(19(23)24)16(25-18(14)20)13-8-6-12(7-9-13)11-4-2-3-5-11;1-2-4-5-3-1;;/h2-10,14,18,21H,1H3,(H,23,24);1-5H;;/q;;+2;+1/p-1/t10-,14+,18-;;;/m1.../s1. The molecule has 3 fully saturated rings. The Morgan fingerprint density at radius 3 is 1.97 bits per heavy atom. The molecule has 5 rings (SSSR count). The minimum absolute atomic E-state index is 0. The minimum atomic E-state index is -1.37. The van der Waals surface area contributed by atoms with Gasteiger partial charge in [0.2, 0.25) is 5.91 Å². The second-order valence-corrected chi connectivity index (χ2v) is 8.29. The summed E-state index contributed by atoms with van der Waals surface area (Å²) in [4.78, 5) is 25.6. The summed E-state index contributed by atoms with van der Waals surface area (Å²) in [7, 11) is 0. The van der Waals surface area contributed by atoms with Crippen molar-refractivity contribution in [3.63, 3.8) is 0 Å². The molecule has 32 heavy (non-hydrogen) atoms. The van der Waals surface area contributed by atoms with Gasteiger partial charge in [-0.2, -0.15) is 0 Å². The molecule has 3 atom stereocenters. The molecule has 1 aromatic rings. The van der Waals surface area contributed by atoms with Crippen molar-refractivity contribution in [2.45, 2.75) is 18.4 Å². The summed E-state index contributed by atoms with van der Waals surface area (Å²) in [5, 5.41) is 21.0. The Balaban J connectivity index is 0.000000460. The van der Waals surface area contributed by atoms with E-state index in [1.807, 2.05) is 82.1 Å². The molecule has 0 aromatic heterocycles. The van der Waals surface area contributed by atoms with Gasteiger partial charge < -0.3 is 15.0 Å². The van der Waals surface area contributed by atoms with Gasteiger partial charge in [-0.05, 0) is 75.8 Å². The number of β-lactam (4-membered cyclic amide) rings is 1. The van der Waals surface area contributed by atoms with E-state index in [0.29, 0.717) is 4.91 Å². The van der Waals surface area contributed by atoms with Crippen molar-refractivity contribution in [3.8, 4) is 0 Å². The molecule has 4 aliphatic rings. The number of carbonyl (C=O) groups is 2. The summed E-state index contributed by atoms with van der Waals surface area (Å²) >= 11 is 1.30. The van der Waals surface area contributed by atoms with Gasteiger partial charge in [0.1, 0.15) is 5.37 Å². The zero-order chi connectivity index (χ0) is 21.3. The number of carboxylic acids is 1. The van der Waals surface area contributed by atoms with Crippen LogP contribution in [0.1, 0.15) is 18.1 Å². The number of rotatable bonds is 4. The molecular formula is C24H20FeNNaO4S+2. The number of carbonyl (C=O) groups excluding carboxylic acids is 2. The van der Waals surface area contributed by atoms with E-state index in [2.05, 4.69) is 0 Å². The number of amides is 1. The van der Waals surface area contributed by atoms with E-state index in [-0.39, 0.29) is 63.6 Å². The molecule has 0 bridgehead atoms. The second kappa shape index (κ2) is 12.4. The molecule has 2 heterocycles. The molecule has 158 valence electrons. The fourth-order valence-electron chi connectivity index (χ4n) is 3.68. The second-order valence-electron chi connectivity index (χ2n) is 7.16. The minimum Gasteiger partial charge on any atom is -0.543 e. The summed E-state index contributed by atoms with van der Waals surface area (Å²) in [6.07, 6.45) is 17.1. The molecule has 1 N–H and O–H groups in total. The molecule has 1 amide bonds. The Bertz CT molecular complexity index is 827. The van der Waals surface area contributed by atoms with Crippen LogP contribution in [0.3, 0.4) is 0 Å². The molecule has 8 heteroatoms. The first-order valence-corrected chi connectivity index (χ1v) is 10.5. The van der Waals surface area contributed by atoms with Gasteiger partial charge >= 0.3 is 46.6 Å². The van der Waals surface area contributed by atoms with Gasteiger partial charge in [0.05, 0.1) is 23.7 Å². The van der Waals surface area contributed by atoms with Crippen LogP contribution in [0.5, 0.6) is 0 Å². The maximum Gasteiger partial charge on any atom is 2.00 e. The van der Waals surface area contributed by atoms with Crippen LogP contribution in [0.4, 0.5) is 0 Å². The Morgan fingerprint density at radius 2 is 1.50 bits per heavy atom. The Kier molecular flexibility index (Phi) is 10.9. The maximum absolute atomic E-state index is 12.2. The molecule has 1 saturated heterocycles. The molecular weight excluding hydrogens is 477 g/mol. The zero-order valence-corrected chi connectivity index (χ0v) is 21.5. The average molecular weight is 497 g/mol. The van der Waals surface area contributed by atoms with E-state index < -0.39 is 18.0 Å². The van der Waals surface area contributed by atoms with E-state index >= 15 is 0 Å². The van der Waals surface area contributed by atoms with Crippen molar-refractivity contribution in [2.75, 3.05) is 0 Å². The number of thioether (sulfide) groups is 1. The third-order valence-corrected chi connectivity index (χ3v) is 6.60. The van der Waals surface area contributed by atoms with Crippen LogP contribution in [-0.2, 0) is 26.7 Å². The number of aliphatic hydroxyl groups excluding tert-OH is 1. The Morgan fingerprint density at radius 1 is 1.00 bits per heavy atom. The van der Waals surface area contributed by atoms with Crippen LogP contribution in [0, 0.1) is 69.6 Å². The van der Waals surface area contributed by atoms with Crippen molar-refractivity contribution in [2.24, 2.45) is 5.92 Å². The molecule has 2 aliphatic heterocycles. The van der Waals surface area contributed by atoms with Gasteiger partial charge in [-0.1, -0.05) is 36.0 Å². The number of carboxylic acid groups (broad SMARTS) is 1. The smallest absolute Gasteiger partial charge is 0.543 e. The van der Waals surface area contributed by atoms with Crippen LogP contribution in [0.15, 0.2) is 30.0 Å². The third kappa shape index (κ3) is 5.68. The molecule has 5 nitrogen and oxygen atoms in total. The van der Waals surface area contributed by atoms with Gasteiger partial charge in [-0.3, -0.25) is 9.69 Å². The Hall–Kier alpha value is -0.271. The molecule has 0 spiro atoms. The van der Waals surface area contributed by atoms with Crippen molar-refractivity contribution in [3.05, 3.63) is 105 Å². The topological polar surface area (TPSA) is 80.7 Å². The van der Waals surface area contributed by atoms with E-state index in [1.54, 1.807) is 6.92 Å². The van der Waals surface area contributed by atoms with Crippen molar-refractivity contribution in [1.82, 2.24) is 4.90 Å². The molecule has 2 saturated carbocycles. The fourth-order valence-corrected chi connectivity index (χ4v) is 5.29. The van der Waals surface area contributed by atoms with Gasteiger partial charge in [-0.15, -0.1) is 0 Å². The van der Waals surface area contributed by atoms with E-state index in [1.165, 1.54) is 16.7 Å². The summed E-state index contributed by atoms with van der Waals surface area (Å²) in [5.74, 6) is -1.23. The number of hydrogen-bond acceptors (Lipinski definition) is 5. The van der Waals surface area contributed by atoms with Gasteiger partial charge in [0, 0.05) is 10.8 Å². The first-order valence-electron chi connectivity index (χ1n) is 9.61. The first kappa shape index (κ1) is 28.0. The van der Waals surface area contributed by atoms with Gasteiger partial charge in [-0.25, -0.2) is 0 Å². The van der Waals surface area contributed by atoms with Gasteiger partial charge in [0.15, 0.2) is 0 Å². The number of fused-ring (bicyclic) bond motifs is 1. The fraction of sp³-hybridized carbons (Fsp3) is 0.167. The number of benzene rings is 1. The Labute approximate surface area is 227 Å². The monoisotopic (exact) mass is 497 g/mol. The van der Waals surface area contributed by atoms with Crippen LogP contribution in [0.2, 0.25) is 0 Å². The van der Waals surface area contributed by atoms with Crippen LogP contribution >= 0.6 is 11.8 Å². The van der Waals surface area contributed by atoms with E-state index in [0.717, 1.165) is 17.0 Å². The summed E-state index contributed by atoms with van der Waals surface area (Å²) < 4.78 is 0. The SMILES string of the molecule is C[C@@H](O)[C@H]1C(=O)N2C(C(=O)[O-])=C(c3ccc([C]4[CH][CH][CH][CH]4)cc3)S[C@H]12.[CH]1[CH][CH][CH][CH]1.[Fe+2].[Na+]. The van der Waals surface area contributed by atoms with Crippen molar-refractivity contribution >= 4 is 28.5 Å². The summed E-state index contributed by atoms with van der Waals surface area (Å²) in [5.41, 5.74) is 1.66. The molecule has 0 unspecified atom stereocenters. The normalized spacial score (nSPS) is 25.2. The van der Waals surface area contributed by atoms with E-state index in [9.17, 15) is 19.8 Å². The number of hydrogen-bond donors (Lipinski definition) is 1. The summed E-state index contributed by atoms with van der Waals surface area (Å²) in [6, 6.07) is 7.55. The predicted molar refractivity (Wildman–Crippen MR) is 113 cm³/mol. The first-order chi connectivity index (χ1) is 14.5. The van der Waals surface area contributed by atoms with Gasteiger partial charge in [0.25, 0.3) is 0 Å². The molecule has 2 aliphatic carbocycles. The number of nitrogens with zero attached hydrogens (tertiary/aromatic N) is 1. The zero-order valence-electron chi connectivity index (χ0n) is 17.6. The largest absolute Gasteiger partial charge is 2.00 e. The van der Waals surface area contributed by atoms with Crippen molar-refractivity contribution in [1.29, 1.82) is 0 Å². The third-order valence-electron chi connectivity index (χ3n) is 5.19. The summed E-state index contributed by atoms with van der Waals surface area (Å²) in [6.45, 7) is 1.55. The average Bonchev–Trinajstić information content (AvgIpc) is 3.48. The van der Waals surface area contributed by atoms with Crippen LogP contribution in [-0.4, -0.2) is 33.4 Å². The van der Waals surface area contributed by atoms with Crippen LogP contribution < -0.4 is 34.7 Å². The quantitative estimate of drug-likeness (QED) is 0.418. The molecule has 1 aromatic carbocycles. The van der Waals surface area contributed by atoms with Crippen LogP contribution in [0.25, 0.3) is 4.91 Å². The maximum atomic E-state index is 12.2.